The van der Waals surface area contributed by atoms with Crippen molar-refractivity contribution in [3.05, 3.63) is 88.7 Å². The number of benzene rings is 2. The van der Waals surface area contributed by atoms with Crippen molar-refractivity contribution in [3.63, 3.8) is 0 Å². The monoisotopic (exact) mass is 490 g/mol. The van der Waals surface area contributed by atoms with E-state index in [2.05, 4.69) is 4.98 Å². The molecule has 0 saturated heterocycles. The summed E-state index contributed by atoms with van der Waals surface area (Å²) in [6, 6.07) is 13.9. The summed E-state index contributed by atoms with van der Waals surface area (Å²) in [7, 11) is 1.67. The number of hydrogen-bond donors (Lipinski definition) is 0. The van der Waals surface area contributed by atoms with Gasteiger partial charge in [-0.15, -0.1) is 11.3 Å². The molecule has 0 bridgehead atoms. The van der Waals surface area contributed by atoms with Crippen molar-refractivity contribution >= 4 is 21.6 Å². The molecule has 4 aromatic rings. The molecule has 0 N–H and O–H groups in total. The number of thiazole rings is 1. The highest BCUT2D eigenvalue weighted by Gasteiger charge is 2.13. The molecule has 4 rings (SSSR count). The quantitative estimate of drug-likeness (QED) is 0.371. The standard InChI is InChI=1S/C23H21F2N2OS.BrH/c1-28-17-8-9-21-22(14-17)29-23(26-21)7-2-4-16-10-12-27(13-11-16)15-18-19(24)5-3-6-20(18)25;/h3,5-6,8-14H,2,4,7,15H2,1H3;1H/q+1;/p-1. The van der Waals surface area contributed by atoms with Gasteiger partial charge in [0.25, 0.3) is 0 Å². The van der Waals surface area contributed by atoms with E-state index in [0.29, 0.717) is 0 Å². The molecular weight excluding hydrogens is 470 g/mol. The molecule has 0 fully saturated rings. The third-order valence-corrected chi connectivity index (χ3v) is 5.94. The van der Waals surface area contributed by atoms with Gasteiger partial charge in [0.15, 0.2) is 18.9 Å². The van der Waals surface area contributed by atoms with E-state index in [1.165, 1.54) is 23.8 Å². The van der Waals surface area contributed by atoms with Crippen LogP contribution in [0.15, 0.2) is 60.9 Å². The van der Waals surface area contributed by atoms with Crippen LogP contribution >= 0.6 is 11.3 Å². The molecule has 0 saturated carbocycles. The number of halogens is 3. The molecule has 2 heterocycles. The van der Waals surface area contributed by atoms with Crippen LogP contribution in [0.25, 0.3) is 10.2 Å². The summed E-state index contributed by atoms with van der Waals surface area (Å²) in [5, 5.41) is 1.12. The highest BCUT2D eigenvalue weighted by Crippen LogP contribution is 2.27. The number of nitrogens with zero attached hydrogens (tertiary/aromatic N) is 2. The highest BCUT2D eigenvalue weighted by atomic mass is 79.9. The van der Waals surface area contributed by atoms with E-state index in [1.807, 2.05) is 42.7 Å². The number of rotatable bonds is 7. The van der Waals surface area contributed by atoms with Gasteiger partial charge >= 0.3 is 0 Å². The highest BCUT2D eigenvalue weighted by molar-refractivity contribution is 7.18. The molecule has 156 valence electrons. The third-order valence-electron chi connectivity index (χ3n) is 4.86. The lowest BCUT2D eigenvalue weighted by molar-refractivity contribution is -0.688. The summed E-state index contributed by atoms with van der Waals surface area (Å²) in [4.78, 5) is 4.68. The van der Waals surface area contributed by atoms with E-state index in [4.69, 9.17) is 4.74 Å². The fraction of sp³-hybridized carbons (Fsp3) is 0.217. The zero-order valence-corrected chi connectivity index (χ0v) is 18.8. The van der Waals surface area contributed by atoms with E-state index in [-0.39, 0.29) is 29.1 Å². The molecule has 7 heteroatoms. The number of fused-ring (bicyclic) bond motifs is 1. The Labute approximate surface area is 188 Å². The normalized spacial score (nSPS) is 10.8. The smallest absolute Gasteiger partial charge is 0.179 e. The minimum Gasteiger partial charge on any atom is -1.00 e. The van der Waals surface area contributed by atoms with Gasteiger partial charge in [0, 0.05) is 12.1 Å². The average molecular weight is 491 g/mol. The molecule has 0 radical (unpaired) electrons. The molecule has 0 unspecified atom stereocenters. The molecular formula is C23H21BrF2N2OS. The number of aryl methyl sites for hydroxylation is 2. The van der Waals surface area contributed by atoms with Crippen LogP contribution in [-0.4, -0.2) is 12.1 Å². The van der Waals surface area contributed by atoms with Gasteiger partial charge in [0.1, 0.15) is 17.4 Å². The van der Waals surface area contributed by atoms with Crippen LogP contribution < -0.4 is 26.3 Å². The van der Waals surface area contributed by atoms with Gasteiger partial charge in [-0.1, -0.05) is 6.07 Å². The van der Waals surface area contributed by atoms with Crippen LogP contribution in [-0.2, 0) is 19.4 Å². The molecule has 2 aromatic carbocycles. The lowest BCUT2D eigenvalue weighted by Crippen LogP contribution is -3.00. The largest absolute Gasteiger partial charge is 1.00 e. The summed E-state index contributed by atoms with van der Waals surface area (Å²) in [5.41, 5.74) is 2.28. The zero-order chi connectivity index (χ0) is 20.2. The fourth-order valence-corrected chi connectivity index (χ4v) is 4.29. The van der Waals surface area contributed by atoms with Crippen LogP contribution in [0.2, 0.25) is 0 Å². The Balaban J connectivity index is 0.00000256. The number of hydrogen-bond acceptors (Lipinski definition) is 3. The summed E-state index contributed by atoms with van der Waals surface area (Å²) >= 11 is 1.70. The summed E-state index contributed by atoms with van der Waals surface area (Å²) in [6.07, 6.45) is 6.56. The molecule has 0 amide bonds. The van der Waals surface area contributed by atoms with Crippen molar-refractivity contribution in [2.75, 3.05) is 7.11 Å². The zero-order valence-electron chi connectivity index (χ0n) is 16.4. The molecule has 2 aromatic heterocycles. The van der Waals surface area contributed by atoms with Crippen LogP contribution in [0.3, 0.4) is 0 Å². The van der Waals surface area contributed by atoms with Gasteiger partial charge in [0.2, 0.25) is 0 Å². The van der Waals surface area contributed by atoms with Crippen molar-refractivity contribution in [1.29, 1.82) is 0 Å². The predicted octanol–water partition coefficient (Wildman–Crippen LogP) is 2.10. The minimum atomic E-state index is -0.518. The lowest BCUT2D eigenvalue weighted by Gasteiger charge is -2.03. The first-order valence-electron chi connectivity index (χ1n) is 9.47. The van der Waals surface area contributed by atoms with Gasteiger partial charge < -0.3 is 21.7 Å². The minimum absolute atomic E-state index is 0. The van der Waals surface area contributed by atoms with Gasteiger partial charge in [-0.05, 0) is 55.2 Å². The first-order chi connectivity index (χ1) is 14.1. The Hall–Kier alpha value is -2.38. The summed E-state index contributed by atoms with van der Waals surface area (Å²) in [6.45, 7) is 0.175. The average Bonchev–Trinajstić information content (AvgIpc) is 3.14. The van der Waals surface area contributed by atoms with E-state index < -0.39 is 11.6 Å². The molecule has 0 aliphatic heterocycles. The van der Waals surface area contributed by atoms with E-state index in [1.54, 1.807) is 23.0 Å². The Kier molecular flexibility index (Phi) is 7.50. The molecule has 0 aliphatic carbocycles. The van der Waals surface area contributed by atoms with Crippen LogP contribution in [0.1, 0.15) is 22.6 Å². The van der Waals surface area contributed by atoms with E-state index >= 15 is 0 Å². The molecule has 30 heavy (non-hydrogen) atoms. The van der Waals surface area contributed by atoms with Gasteiger partial charge in [-0.25, -0.2) is 18.3 Å². The maximum atomic E-state index is 13.8. The second-order valence-corrected chi connectivity index (χ2v) is 7.99. The first kappa shape index (κ1) is 22.3. The molecule has 0 atom stereocenters. The lowest BCUT2D eigenvalue weighted by atomic mass is 10.1. The number of aromatic nitrogens is 2. The third kappa shape index (κ3) is 5.21. The van der Waals surface area contributed by atoms with Crippen molar-refractivity contribution in [3.8, 4) is 5.75 Å². The number of methoxy groups -OCH3 is 1. The molecule has 3 nitrogen and oxygen atoms in total. The predicted molar refractivity (Wildman–Crippen MR) is 110 cm³/mol. The Morgan fingerprint density at radius 3 is 2.43 bits per heavy atom. The number of ether oxygens (including phenoxy) is 1. The molecule has 0 aliphatic rings. The van der Waals surface area contributed by atoms with Crippen molar-refractivity contribution in [2.45, 2.75) is 25.8 Å². The van der Waals surface area contributed by atoms with Crippen molar-refractivity contribution < 1.29 is 35.1 Å². The maximum absolute atomic E-state index is 13.8. The Morgan fingerprint density at radius 1 is 1.00 bits per heavy atom. The summed E-state index contributed by atoms with van der Waals surface area (Å²) < 4.78 is 35.8. The second-order valence-electron chi connectivity index (χ2n) is 6.87. The second kappa shape index (κ2) is 10.1. The number of pyridine rings is 1. The summed E-state index contributed by atoms with van der Waals surface area (Å²) in [5.74, 6) is -0.189. The Bertz CT molecular complexity index is 1110. The van der Waals surface area contributed by atoms with Crippen LogP contribution in [0, 0.1) is 11.6 Å². The van der Waals surface area contributed by atoms with Gasteiger partial charge in [0.05, 0.1) is 27.9 Å². The van der Waals surface area contributed by atoms with E-state index in [0.717, 1.165) is 40.2 Å². The molecule has 0 spiro atoms. The first-order valence-corrected chi connectivity index (χ1v) is 10.3. The van der Waals surface area contributed by atoms with Crippen molar-refractivity contribution in [2.24, 2.45) is 0 Å². The fourth-order valence-electron chi connectivity index (χ4n) is 3.26. The van der Waals surface area contributed by atoms with Gasteiger partial charge in [-0.3, -0.25) is 0 Å². The van der Waals surface area contributed by atoms with Crippen molar-refractivity contribution in [1.82, 2.24) is 4.98 Å². The van der Waals surface area contributed by atoms with Crippen LogP contribution in [0.4, 0.5) is 8.78 Å². The van der Waals surface area contributed by atoms with E-state index in [9.17, 15) is 8.78 Å². The van der Waals surface area contributed by atoms with Crippen LogP contribution in [0.5, 0.6) is 5.75 Å². The van der Waals surface area contributed by atoms with Gasteiger partial charge in [-0.2, -0.15) is 0 Å². The topological polar surface area (TPSA) is 26.0 Å². The maximum Gasteiger partial charge on any atom is 0.179 e. The Morgan fingerprint density at radius 2 is 1.73 bits per heavy atom. The SMILES string of the molecule is COc1ccc2nc(CCCc3cc[n+](Cc4c(F)cccc4F)cc3)sc2c1.[Br-].